The molecule has 6 N–H and O–H groups in total. The van der Waals surface area contributed by atoms with Gasteiger partial charge in [-0.25, -0.2) is 0 Å². The summed E-state index contributed by atoms with van der Waals surface area (Å²) in [5, 5.41) is 4.77. The van der Waals surface area contributed by atoms with Crippen LogP contribution in [0.3, 0.4) is 0 Å². The minimum atomic E-state index is 0.732. The molecule has 4 nitrogen and oxygen atoms in total. The van der Waals surface area contributed by atoms with Crippen LogP contribution >= 0.6 is 0 Å². The van der Waals surface area contributed by atoms with Crippen LogP contribution in [-0.2, 0) is 0 Å². The lowest BCUT2D eigenvalue weighted by Crippen LogP contribution is -2.10. The van der Waals surface area contributed by atoms with Gasteiger partial charge in [0.25, 0.3) is 0 Å². The van der Waals surface area contributed by atoms with Crippen LogP contribution < -0.4 is 22.1 Å². The fourth-order valence-electron chi connectivity index (χ4n) is 4.89. The number of nitrogens with two attached hydrogens (primary N) is 3. The Morgan fingerprint density at radius 2 is 0.861 bits per heavy atom. The summed E-state index contributed by atoms with van der Waals surface area (Å²) in [6.07, 6.45) is 0. The van der Waals surface area contributed by atoms with Crippen molar-refractivity contribution in [3.05, 3.63) is 121 Å². The van der Waals surface area contributed by atoms with Gasteiger partial charge in [-0.2, -0.15) is 0 Å². The first kappa shape index (κ1) is 21.6. The standard InChI is InChI=1S/C32H26N4/c33-22-9-7-21(8-10-22)27-3-1-4-28-29-5-2-6-32(31(29)20-19-30(27)28)36(25-15-11-23(34)12-16-25)26-17-13-24(35)14-18-26/h1-20H,33-35H2. The summed E-state index contributed by atoms with van der Waals surface area (Å²) in [6.45, 7) is 0. The maximum atomic E-state index is 6.01. The third-order valence-corrected chi connectivity index (χ3v) is 6.66. The highest BCUT2D eigenvalue weighted by molar-refractivity contribution is 6.15. The molecule has 0 atom stereocenters. The summed E-state index contributed by atoms with van der Waals surface area (Å²) >= 11 is 0. The van der Waals surface area contributed by atoms with Crippen LogP contribution in [0.4, 0.5) is 34.1 Å². The molecule has 174 valence electrons. The van der Waals surface area contributed by atoms with E-state index in [0.717, 1.165) is 45.1 Å². The van der Waals surface area contributed by atoms with Crippen LogP contribution in [0.2, 0.25) is 0 Å². The molecular formula is C32H26N4. The maximum Gasteiger partial charge on any atom is 0.0540 e. The molecule has 4 heteroatoms. The predicted molar refractivity (Wildman–Crippen MR) is 155 cm³/mol. The first-order chi connectivity index (χ1) is 17.6. The highest BCUT2D eigenvalue weighted by Gasteiger charge is 2.17. The van der Waals surface area contributed by atoms with E-state index in [1.165, 1.54) is 21.7 Å². The zero-order valence-corrected chi connectivity index (χ0v) is 19.7. The highest BCUT2D eigenvalue weighted by atomic mass is 15.1. The molecule has 0 aliphatic rings. The molecule has 0 saturated heterocycles. The van der Waals surface area contributed by atoms with Crippen molar-refractivity contribution < 1.29 is 0 Å². The fourth-order valence-corrected chi connectivity index (χ4v) is 4.89. The topological polar surface area (TPSA) is 81.3 Å². The molecule has 0 saturated carbocycles. The third-order valence-electron chi connectivity index (χ3n) is 6.66. The first-order valence-corrected chi connectivity index (χ1v) is 11.9. The Hall–Kier alpha value is -4.96. The smallest absolute Gasteiger partial charge is 0.0540 e. The van der Waals surface area contributed by atoms with Gasteiger partial charge in [-0.1, -0.05) is 54.6 Å². The van der Waals surface area contributed by atoms with E-state index < -0.39 is 0 Å². The van der Waals surface area contributed by atoms with E-state index in [-0.39, 0.29) is 0 Å². The van der Waals surface area contributed by atoms with Crippen LogP contribution in [-0.4, -0.2) is 0 Å². The van der Waals surface area contributed by atoms with Crippen LogP contribution in [0.5, 0.6) is 0 Å². The number of hydrogen-bond acceptors (Lipinski definition) is 4. The second-order valence-corrected chi connectivity index (χ2v) is 8.98. The molecule has 6 aromatic carbocycles. The van der Waals surface area contributed by atoms with Crippen molar-refractivity contribution in [3.63, 3.8) is 0 Å². The Labute approximate surface area is 210 Å². The molecule has 0 bridgehead atoms. The van der Waals surface area contributed by atoms with Crippen LogP contribution in [0.25, 0.3) is 32.7 Å². The molecule has 0 heterocycles. The average molecular weight is 467 g/mol. The van der Waals surface area contributed by atoms with Gasteiger partial charge < -0.3 is 22.1 Å². The van der Waals surface area contributed by atoms with Crippen molar-refractivity contribution in [2.45, 2.75) is 0 Å². The van der Waals surface area contributed by atoms with Crippen molar-refractivity contribution in [1.82, 2.24) is 0 Å². The number of hydrogen-bond donors (Lipinski definition) is 3. The number of nitrogen functional groups attached to an aromatic ring is 3. The molecule has 0 aliphatic heterocycles. The summed E-state index contributed by atoms with van der Waals surface area (Å²) < 4.78 is 0. The Balaban J connectivity index is 1.59. The largest absolute Gasteiger partial charge is 0.399 e. The maximum absolute atomic E-state index is 6.01. The summed E-state index contributed by atoms with van der Waals surface area (Å²) in [4.78, 5) is 2.25. The van der Waals surface area contributed by atoms with Gasteiger partial charge in [0.05, 0.1) is 5.69 Å². The third kappa shape index (κ3) is 3.75. The number of benzene rings is 6. The molecule has 0 radical (unpaired) electrons. The van der Waals surface area contributed by atoms with E-state index in [2.05, 4.69) is 65.6 Å². The van der Waals surface area contributed by atoms with E-state index in [1.807, 2.05) is 60.7 Å². The van der Waals surface area contributed by atoms with Gasteiger partial charge in [0.2, 0.25) is 0 Å². The fraction of sp³-hybridized carbons (Fsp3) is 0. The lowest BCUT2D eigenvalue weighted by molar-refractivity contribution is 1.30. The van der Waals surface area contributed by atoms with E-state index in [0.29, 0.717) is 0 Å². The van der Waals surface area contributed by atoms with E-state index in [1.54, 1.807) is 0 Å². The number of rotatable bonds is 4. The molecule has 0 aromatic heterocycles. The van der Waals surface area contributed by atoms with Crippen molar-refractivity contribution in [1.29, 1.82) is 0 Å². The van der Waals surface area contributed by atoms with Gasteiger partial charge >= 0.3 is 0 Å². The Kier molecular flexibility index (Phi) is 5.20. The molecule has 6 rings (SSSR count). The minimum absolute atomic E-state index is 0.732. The molecular weight excluding hydrogens is 440 g/mol. The van der Waals surface area contributed by atoms with Gasteiger partial charge in [0.15, 0.2) is 0 Å². The van der Waals surface area contributed by atoms with Crippen LogP contribution in [0.15, 0.2) is 121 Å². The highest BCUT2D eigenvalue weighted by Crippen LogP contribution is 2.42. The van der Waals surface area contributed by atoms with Crippen molar-refractivity contribution in [2.75, 3.05) is 22.1 Å². The quantitative estimate of drug-likeness (QED) is 0.182. The summed E-state index contributed by atoms with van der Waals surface area (Å²) in [5.41, 5.74) is 25.6. The lowest BCUT2D eigenvalue weighted by Gasteiger charge is -2.27. The SMILES string of the molecule is Nc1ccc(-c2cccc3c2ccc2c(N(c4ccc(N)cc4)c4ccc(N)cc4)cccc23)cc1. The molecule has 0 amide bonds. The molecule has 0 unspecified atom stereocenters. The Bertz CT molecular complexity index is 1640. The average Bonchev–Trinajstić information content (AvgIpc) is 2.91. The Morgan fingerprint density at radius 1 is 0.389 bits per heavy atom. The van der Waals surface area contributed by atoms with E-state index in [4.69, 9.17) is 17.2 Å². The second-order valence-electron chi connectivity index (χ2n) is 8.98. The summed E-state index contributed by atoms with van der Waals surface area (Å²) in [6, 6.07) is 41.3. The van der Waals surface area contributed by atoms with E-state index in [9.17, 15) is 0 Å². The normalized spacial score (nSPS) is 11.1. The number of nitrogens with zero attached hydrogens (tertiary/aromatic N) is 1. The first-order valence-electron chi connectivity index (χ1n) is 11.9. The van der Waals surface area contributed by atoms with Gasteiger partial charge in [0, 0.05) is 33.8 Å². The molecule has 0 spiro atoms. The lowest BCUT2D eigenvalue weighted by atomic mass is 9.94. The molecule has 0 aliphatic carbocycles. The van der Waals surface area contributed by atoms with Crippen molar-refractivity contribution >= 4 is 55.7 Å². The van der Waals surface area contributed by atoms with Crippen LogP contribution in [0.1, 0.15) is 0 Å². The summed E-state index contributed by atoms with van der Waals surface area (Å²) in [5.74, 6) is 0. The van der Waals surface area contributed by atoms with Gasteiger partial charge in [-0.05, 0) is 94.0 Å². The van der Waals surface area contributed by atoms with Crippen molar-refractivity contribution in [3.8, 4) is 11.1 Å². The Morgan fingerprint density at radius 3 is 1.44 bits per heavy atom. The van der Waals surface area contributed by atoms with Gasteiger partial charge in [0.1, 0.15) is 0 Å². The minimum Gasteiger partial charge on any atom is -0.399 e. The number of anilines is 6. The summed E-state index contributed by atoms with van der Waals surface area (Å²) in [7, 11) is 0. The van der Waals surface area contributed by atoms with Gasteiger partial charge in [-0.15, -0.1) is 0 Å². The molecule has 6 aromatic rings. The van der Waals surface area contributed by atoms with Crippen LogP contribution in [0, 0.1) is 0 Å². The van der Waals surface area contributed by atoms with Gasteiger partial charge in [-0.3, -0.25) is 0 Å². The number of fused-ring (bicyclic) bond motifs is 3. The van der Waals surface area contributed by atoms with E-state index >= 15 is 0 Å². The molecule has 0 fully saturated rings. The molecule has 36 heavy (non-hydrogen) atoms. The zero-order chi connectivity index (χ0) is 24.6. The monoisotopic (exact) mass is 466 g/mol. The van der Waals surface area contributed by atoms with Crippen molar-refractivity contribution in [2.24, 2.45) is 0 Å². The predicted octanol–water partition coefficient (Wildman–Crippen LogP) is 7.88. The zero-order valence-electron chi connectivity index (χ0n) is 19.7. The second kappa shape index (κ2) is 8.67.